The summed E-state index contributed by atoms with van der Waals surface area (Å²) >= 11 is 0. The summed E-state index contributed by atoms with van der Waals surface area (Å²) in [7, 11) is 0. The fourth-order valence-electron chi connectivity index (χ4n) is 8.46. The molecule has 0 amide bonds. The van der Waals surface area contributed by atoms with Crippen molar-refractivity contribution in [1.29, 1.82) is 0 Å². The predicted molar refractivity (Wildman–Crippen MR) is 228 cm³/mol. The van der Waals surface area contributed by atoms with Gasteiger partial charge in [0, 0.05) is 61.4 Å². The smallest absolute Gasteiger partial charge is 0.166 e. The van der Waals surface area contributed by atoms with E-state index in [2.05, 4.69) is 119 Å². The van der Waals surface area contributed by atoms with E-state index in [4.69, 9.17) is 23.8 Å². The molecule has 266 valence electrons. The lowest BCUT2D eigenvalue weighted by molar-refractivity contribution is 0.668. The van der Waals surface area contributed by atoms with E-state index < -0.39 is 0 Å². The van der Waals surface area contributed by atoms with Crippen LogP contribution in [0.3, 0.4) is 0 Å². The molecule has 5 heterocycles. The second-order valence-electron chi connectivity index (χ2n) is 14.2. The van der Waals surface area contributed by atoms with Crippen molar-refractivity contribution >= 4 is 65.7 Å². The number of hydrogen-bond acceptors (Lipinski definition) is 6. The first-order chi connectivity index (χ1) is 28.3. The second kappa shape index (κ2) is 12.3. The third kappa shape index (κ3) is 4.86. The molecular formula is C50H29N5O2. The fourth-order valence-corrected chi connectivity index (χ4v) is 8.46. The van der Waals surface area contributed by atoms with Crippen LogP contribution in [0.5, 0.6) is 0 Å². The Labute approximate surface area is 325 Å². The molecule has 0 bridgehead atoms. The van der Waals surface area contributed by atoms with Crippen LogP contribution in [0.25, 0.3) is 117 Å². The molecule has 0 saturated heterocycles. The molecule has 0 aliphatic heterocycles. The van der Waals surface area contributed by atoms with E-state index in [1.807, 2.05) is 60.8 Å². The van der Waals surface area contributed by atoms with Crippen LogP contribution in [0.1, 0.15) is 0 Å². The lowest BCUT2D eigenvalue weighted by Crippen LogP contribution is -2.03. The first kappa shape index (κ1) is 31.5. The summed E-state index contributed by atoms with van der Waals surface area (Å²) < 4.78 is 14.8. The normalized spacial score (nSPS) is 11.9. The molecule has 12 rings (SSSR count). The Morgan fingerprint density at radius 3 is 1.65 bits per heavy atom. The molecule has 0 unspecified atom stereocenters. The van der Waals surface area contributed by atoms with Gasteiger partial charge in [-0.15, -0.1) is 0 Å². The predicted octanol–water partition coefficient (Wildman–Crippen LogP) is 12.8. The molecule has 0 aliphatic carbocycles. The van der Waals surface area contributed by atoms with Crippen molar-refractivity contribution in [3.63, 3.8) is 0 Å². The Balaban J connectivity index is 1.08. The maximum Gasteiger partial charge on any atom is 0.166 e. The Bertz CT molecular complexity index is 3490. The van der Waals surface area contributed by atoms with Crippen molar-refractivity contribution in [1.82, 2.24) is 24.5 Å². The average Bonchev–Trinajstić information content (AvgIpc) is 3.96. The molecule has 0 atom stereocenters. The molecule has 0 spiro atoms. The molecule has 0 N–H and O–H groups in total. The maximum atomic E-state index is 6.32. The summed E-state index contributed by atoms with van der Waals surface area (Å²) in [6.45, 7) is 0. The van der Waals surface area contributed by atoms with Gasteiger partial charge in [0.15, 0.2) is 17.5 Å². The molecule has 7 heteroatoms. The van der Waals surface area contributed by atoms with Gasteiger partial charge in [0.2, 0.25) is 0 Å². The highest BCUT2D eigenvalue weighted by atomic mass is 16.3. The summed E-state index contributed by atoms with van der Waals surface area (Å²) in [4.78, 5) is 20.2. The Hall–Kier alpha value is -7.90. The van der Waals surface area contributed by atoms with E-state index in [9.17, 15) is 0 Å². The standard InChI is InChI=1S/C50H29N5O2/c1-5-17-39-33(11-1)34-12-2-6-18-40(34)55(39)41-19-7-3-13-35(41)49-52-48(53-50(54-49)37-16-10-22-45-47(37)36-14-4-8-20-42(36)56-45)31-25-23-30(24-26-31)32-15-9-21-44-46(32)38-29-51-28-27-43(38)57-44/h1-29H. The van der Waals surface area contributed by atoms with Crippen molar-refractivity contribution in [3.8, 4) is 51.0 Å². The zero-order chi connectivity index (χ0) is 37.5. The van der Waals surface area contributed by atoms with Gasteiger partial charge in [0.05, 0.1) is 16.7 Å². The summed E-state index contributed by atoms with van der Waals surface area (Å²) in [5.74, 6) is 1.71. The summed E-state index contributed by atoms with van der Waals surface area (Å²) in [6, 6.07) is 56.1. The fraction of sp³-hybridized carbons (Fsp3) is 0. The molecule has 7 nitrogen and oxygen atoms in total. The summed E-state index contributed by atoms with van der Waals surface area (Å²) in [6.07, 6.45) is 3.63. The zero-order valence-corrected chi connectivity index (χ0v) is 30.3. The topological polar surface area (TPSA) is 82.8 Å². The Morgan fingerprint density at radius 2 is 0.895 bits per heavy atom. The number of aromatic nitrogens is 5. The third-order valence-corrected chi connectivity index (χ3v) is 11.0. The third-order valence-electron chi connectivity index (χ3n) is 11.0. The molecule has 0 fully saturated rings. The minimum Gasteiger partial charge on any atom is -0.456 e. The average molecular weight is 732 g/mol. The van der Waals surface area contributed by atoms with Crippen LogP contribution >= 0.6 is 0 Å². The number of rotatable bonds is 5. The quantitative estimate of drug-likeness (QED) is 0.175. The van der Waals surface area contributed by atoms with Crippen molar-refractivity contribution < 1.29 is 8.83 Å². The number of furan rings is 2. The van der Waals surface area contributed by atoms with Crippen LogP contribution in [0.2, 0.25) is 0 Å². The van der Waals surface area contributed by atoms with Gasteiger partial charge in [0.25, 0.3) is 0 Å². The first-order valence-corrected chi connectivity index (χ1v) is 18.9. The number of hydrogen-bond donors (Lipinski definition) is 0. The highest BCUT2D eigenvalue weighted by molar-refractivity contribution is 6.13. The van der Waals surface area contributed by atoms with Crippen LogP contribution in [0.15, 0.2) is 185 Å². The van der Waals surface area contributed by atoms with E-state index in [1.54, 1.807) is 6.20 Å². The van der Waals surface area contributed by atoms with E-state index in [-0.39, 0.29) is 0 Å². The SMILES string of the molecule is c1ccc(-n2c3ccccc3c3ccccc32)c(-c2nc(-c3ccc(-c4cccc5oc6ccncc6c45)cc3)nc(-c3cccc4oc5ccccc5c34)n2)c1. The van der Waals surface area contributed by atoms with E-state index >= 15 is 0 Å². The minimum absolute atomic E-state index is 0.565. The van der Waals surface area contributed by atoms with Gasteiger partial charge in [-0.2, -0.15) is 0 Å². The van der Waals surface area contributed by atoms with E-state index in [0.29, 0.717) is 17.5 Å². The van der Waals surface area contributed by atoms with Gasteiger partial charge >= 0.3 is 0 Å². The van der Waals surface area contributed by atoms with Crippen LogP contribution in [0.4, 0.5) is 0 Å². The monoisotopic (exact) mass is 731 g/mol. The number of pyridine rings is 1. The van der Waals surface area contributed by atoms with Crippen LogP contribution in [-0.4, -0.2) is 24.5 Å². The van der Waals surface area contributed by atoms with E-state index in [0.717, 1.165) is 88.4 Å². The highest BCUT2D eigenvalue weighted by Crippen LogP contribution is 2.40. The van der Waals surface area contributed by atoms with Crippen LogP contribution in [-0.2, 0) is 0 Å². The van der Waals surface area contributed by atoms with Crippen molar-refractivity contribution in [3.05, 3.63) is 176 Å². The maximum absolute atomic E-state index is 6.32. The lowest BCUT2D eigenvalue weighted by atomic mass is 9.99. The Morgan fingerprint density at radius 1 is 0.368 bits per heavy atom. The molecule has 12 aromatic rings. The first-order valence-electron chi connectivity index (χ1n) is 18.9. The highest BCUT2D eigenvalue weighted by Gasteiger charge is 2.21. The number of benzene rings is 7. The van der Waals surface area contributed by atoms with Crippen molar-refractivity contribution in [2.75, 3.05) is 0 Å². The van der Waals surface area contributed by atoms with Gasteiger partial charge in [-0.25, -0.2) is 15.0 Å². The number of para-hydroxylation sites is 4. The molecular weight excluding hydrogens is 703 g/mol. The lowest BCUT2D eigenvalue weighted by Gasteiger charge is -2.15. The zero-order valence-electron chi connectivity index (χ0n) is 30.3. The van der Waals surface area contributed by atoms with E-state index in [1.165, 1.54) is 10.8 Å². The summed E-state index contributed by atoms with van der Waals surface area (Å²) in [5.41, 5.74) is 11.2. The van der Waals surface area contributed by atoms with Gasteiger partial charge in [-0.05, 0) is 59.7 Å². The molecule has 57 heavy (non-hydrogen) atoms. The largest absolute Gasteiger partial charge is 0.456 e. The second-order valence-corrected chi connectivity index (χ2v) is 14.2. The number of fused-ring (bicyclic) bond motifs is 9. The molecule has 0 aliphatic rings. The van der Waals surface area contributed by atoms with Gasteiger partial charge in [-0.1, -0.05) is 115 Å². The Kier molecular flexibility index (Phi) is 6.79. The van der Waals surface area contributed by atoms with Crippen LogP contribution in [0, 0.1) is 0 Å². The summed E-state index contributed by atoms with van der Waals surface area (Å²) in [5, 5.41) is 6.39. The van der Waals surface area contributed by atoms with Gasteiger partial charge in [-0.3, -0.25) is 4.98 Å². The van der Waals surface area contributed by atoms with Gasteiger partial charge in [0.1, 0.15) is 22.3 Å². The minimum atomic E-state index is 0.565. The van der Waals surface area contributed by atoms with Crippen LogP contribution < -0.4 is 0 Å². The van der Waals surface area contributed by atoms with Crippen molar-refractivity contribution in [2.45, 2.75) is 0 Å². The molecule has 0 radical (unpaired) electrons. The molecule has 7 aromatic carbocycles. The van der Waals surface area contributed by atoms with Gasteiger partial charge < -0.3 is 13.4 Å². The molecule has 0 saturated carbocycles. The van der Waals surface area contributed by atoms with Crippen molar-refractivity contribution in [2.24, 2.45) is 0 Å². The number of nitrogens with zero attached hydrogens (tertiary/aromatic N) is 5. The molecule has 5 aromatic heterocycles.